The molecule has 0 saturated carbocycles. The molecule has 0 radical (unpaired) electrons. The van der Waals surface area contributed by atoms with Crippen LogP contribution in [-0.4, -0.2) is 14.2 Å². The fourth-order valence-electron chi connectivity index (χ4n) is 2.41. The van der Waals surface area contributed by atoms with E-state index in [4.69, 9.17) is 4.74 Å². The number of hydrogen-bond acceptors (Lipinski definition) is 3. The Morgan fingerprint density at radius 2 is 2.24 bits per heavy atom. The number of thiophene rings is 1. The molecule has 1 atom stereocenters. The van der Waals surface area contributed by atoms with E-state index in [9.17, 15) is 0 Å². The summed E-state index contributed by atoms with van der Waals surface area (Å²) in [6.45, 7) is 0. The summed E-state index contributed by atoms with van der Waals surface area (Å²) in [6.07, 6.45) is 8.92. The lowest BCUT2D eigenvalue weighted by molar-refractivity contribution is 0.416. The molecule has 0 spiro atoms. The molecule has 1 aromatic heterocycles. The molecule has 0 aromatic carbocycles. The Labute approximate surface area is 108 Å². The van der Waals surface area contributed by atoms with Crippen LogP contribution < -0.4 is 10.1 Å². The predicted molar refractivity (Wildman–Crippen MR) is 73.8 cm³/mol. The van der Waals surface area contributed by atoms with Crippen LogP contribution in [-0.2, 0) is 0 Å². The zero-order chi connectivity index (χ0) is 12.1. The molecule has 1 N–H and O–H groups in total. The van der Waals surface area contributed by atoms with Gasteiger partial charge in [0, 0.05) is 10.3 Å². The highest BCUT2D eigenvalue weighted by Gasteiger charge is 2.17. The quantitative estimate of drug-likeness (QED) is 0.819. The van der Waals surface area contributed by atoms with Gasteiger partial charge in [0.25, 0.3) is 0 Å². The second kappa shape index (κ2) is 6.22. The number of ether oxygens (including phenoxy) is 1. The molecule has 1 aliphatic rings. The molecule has 0 fully saturated rings. The Balaban J connectivity index is 2.16. The van der Waals surface area contributed by atoms with Gasteiger partial charge < -0.3 is 10.1 Å². The van der Waals surface area contributed by atoms with E-state index in [1.165, 1.54) is 37.0 Å². The third kappa shape index (κ3) is 3.11. The summed E-state index contributed by atoms with van der Waals surface area (Å²) in [5.41, 5.74) is 1.55. The van der Waals surface area contributed by atoms with E-state index >= 15 is 0 Å². The number of allylic oxidation sites excluding steroid dienone is 1. The van der Waals surface area contributed by atoms with Crippen LogP contribution in [0.2, 0.25) is 0 Å². The maximum atomic E-state index is 5.26. The summed E-state index contributed by atoms with van der Waals surface area (Å²) < 4.78 is 5.26. The molecule has 1 aromatic rings. The van der Waals surface area contributed by atoms with Gasteiger partial charge in [0.15, 0.2) is 0 Å². The van der Waals surface area contributed by atoms with Crippen molar-refractivity contribution in [3.05, 3.63) is 28.0 Å². The van der Waals surface area contributed by atoms with Gasteiger partial charge in [-0.25, -0.2) is 0 Å². The highest BCUT2D eigenvalue weighted by atomic mass is 32.1. The smallest absolute Gasteiger partial charge is 0.129 e. The van der Waals surface area contributed by atoms with Gasteiger partial charge in [0.1, 0.15) is 5.75 Å². The number of methoxy groups -OCH3 is 1. The summed E-state index contributed by atoms with van der Waals surface area (Å²) in [5.74, 6) is 0.972. The van der Waals surface area contributed by atoms with Gasteiger partial charge in [-0.15, -0.1) is 11.3 Å². The Bertz CT molecular complexity index is 383. The second-order valence-corrected chi connectivity index (χ2v) is 5.43. The number of hydrogen-bond donors (Lipinski definition) is 1. The molecule has 2 nitrogen and oxygen atoms in total. The zero-order valence-corrected chi connectivity index (χ0v) is 11.5. The van der Waals surface area contributed by atoms with E-state index in [1.54, 1.807) is 24.0 Å². The summed E-state index contributed by atoms with van der Waals surface area (Å²) in [6, 6.07) is 2.53. The van der Waals surface area contributed by atoms with Crippen molar-refractivity contribution in [3.8, 4) is 5.75 Å². The molecule has 2 rings (SSSR count). The molecule has 1 heterocycles. The average Bonchev–Trinajstić information content (AvgIpc) is 2.66. The van der Waals surface area contributed by atoms with Gasteiger partial charge in [-0.1, -0.05) is 18.1 Å². The van der Waals surface area contributed by atoms with Crippen LogP contribution in [0.25, 0.3) is 0 Å². The Morgan fingerprint density at radius 1 is 1.35 bits per heavy atom. The van der Waals surface area contributed by atoms with Crippen molar-refractivity contribution in [1.82, 2.24) is 5.32 Å². The lowest BCUT2D eigenvalue weighted by Gasteiger charge is -2.18. The van der Waals surface area contributed by atoms with Gasteiger partial charge in [-0.2, -0.15) is 0 Å². The number of rotatable bonds is 4. The van der Waals surface area contributed by atoms with Gasteiger partial charge >= 0.3 is 0 Å². The summed E-state index contributed by atoms with van der Waals surface area (Å²) in [5, 5.41) is 5.52. The summed E-state index contributed by atoms with van der Waals surface area (Å²) >= 11 is 1.78. The van der Waals surface area contributed by atoms with Gasteiger partial charge in [0.05, 0.1) is 13.2 Å². The molecular formula is C14H21NOS. The van der Waals surface area contributed by atoms with Crippen LogP contribution in [0.5, 0.6) is 5.75 Å². The van der Waals surface area contributed by atoms with Crippen molar-refractivity contribution in [2.75, 3.05) is 14.2 Å². The number of nitrogens with one attached hydrogen (secondary N) is 1. The SMILES string of the molecule is CNC(C1=CCCCCC1)c1cc(OC)cs1. The van der Waals surface area contributed by atoms with E-state index in [0.717, 1.165) is 5.75 Å². The van der Waals surface area contributed by atoms with Crippen molar-refractivity contribution >= 4 is 11.3 Å². The Hall–Kier alpha value is -0.800. The van der Waals surface area contributed by atoms with Crippen molar-refractivity contribution in [3.63, 3.8) is 0 Å². The first kappa shape index (κ1) is 12.7. The molecule has 0 aliphatic heterocycles. The van der Waals surface area contributed by atoms with E-state index in [1.807, 2.05) is 7.05 Å². The third-order valence-corrected chi connectivity index (χ3v) is 4.33. The first-order chi connectivity index (χ1) is 8.35. The van der Waals surface area contributed by atoms with Crippen LogP contribution in [0.3, 0.4) is 0 Å². The van der Waals surface area contributed by atoms with Crippen molar-refractivity contribution in [2.24, 2.45) is 0 Å². The normalized spacial score (nSPS) is 18.4. The molecule has 0 saturated heterocycles. The van der Waals surface area contributed by atoms with Crippen molar-refractivity contribution < 1.29 is 4.74 Å². The summed E-state index contributed by atoms with van der Waals surface area (Å²) in [7, 11) is 3.77. The molecule has 3 heteroatoms. The molecule has 0 amide bonds. The zero-order valence-electron chi connectivity index (χ0n) is 10.7. The lowest BCUT2D eigenvalue weighted by Crippen LogP contribution is -2.17. The summed E-state index contributed by atoms with van der Waals surface area (Å²) in [4.78, 5) is 1.36. The van der Waals surface area contributed by atoms with Crippen molar-refractivity contribution in [1.29, 1.82) is 0 Å². The molecule has 1 aliphatic carbocycles. The van der Waals surface area contributed by atoms with E-state index in [-0.39, 0.29) is 0 Å². The lowest BCUT2D eigenvalue weighted by atomic mass is 10.0. The highest BCUT2D eigenvalue weighted by molar-refractivity contribution is 7.10. The topological polar surface area (TPSA) is 21.3 Å². The minimum atomic E-state index is 0.377. The third-order valence-electron chi connectivity index (χ3n) is 3.35. The molecule has 0 bridgehead atoms. The van der Waals surface area contributed by atoms with Crippen LogP contribution in [0.1, 0.15) is 43.0 Å². The first-order valence-corrected chi connectivity index (χ1v) is 7.21. The minimum absolute atomic E-state index is 0.377. The first-order valence-electron chi connectivity index (χ1n) is 6.33. The Morgan fingerprint density at radius 3 is 2.94 bits per heavy atom. The molecule has 94 valence electrons. The Kier molecular flexibility index (Phi) is 4.63. The molecule has 1 unspecified atom stereocenters. The average molecular weight is 251 g/mol. The van der Waals surface area contributed by atoms with E-state index in [2.05, 4.69) is 22.8 Å². The maximum Gasteiger partial charge on any atom is 0.129 e. The monoisotopic (exact) mass is 251 g/mol. The van der Waals surface area contributed by atoms with E-state index in [0.29, 0.717) is 6.04 Å². The van der Waals surface area contributed by atoms with Crippen LogP contribution in [0.15, 0.2) is 23.1 Å². The van der Waals surface area contributed by atoms with Gasteiger partial charge in [-0.3, -0.25) is 0 Å². The van der Waals surface area contributed by atoms with Crippen LogP contribution in [0, 0.1) is 0 Å². The van der Waals surface area contributed by atoms with Crippen molar-refractivity contribution in [2.45, 2.75) is 38.1 Å². The van der Waals surface area contributed by atoms with Gasteiger partial charge in [-0.05, 0) is 38.8 Å². The fraction of sp³-hybridized carbons (Fsp3) is 0.571. The predicted octanol–water partition coefficient (Wildman–Crippen LogP) is 3.91. The second-order valence-electron chi connectivity index (χ2n) is 4.49. The van der Waals surface area contributed by atoms with Crippen LogP contribution in [0.4, 0.5) is 0 Å². The molecular weight excluding hydrogens is 230 g/mol. The largest absolute Gasteiger partial charge is 0.496 e. The standard InChI is InChI=1S/C14H21NOS/c1-15-14(11-7-5-3-4-6-8-11)13-9-12(16-2)10-17-13/h7,9-10,14-15H,3-6,8H2,1-2H3. The minimum Gasteiger partial charge on any atom is -0.496 e. The maximum absolute atomic E-state index is 5.26. The van der Waals surface area contributed by atoms with Gasteiger partial charge in [0.2, 0.25) is 0 Å². The highest BCUT2D eigenvalue weighted by Crippen LogP contribution is 2.34. The molecule has 17 heavy (non-hydrogen) atoms. The fourth-order valence-corrected chi connectivity index (χ4v) is 3.41. The van der Waals surface area contributed by atoms with E-state index < -0.39 is 0 Å². The van der Waals surface area contributed by atoms with Crippen LogP contribution >= 0.6 is 11.3 Å². The number of likely N-dealkylation sites (N-methyl/N-ethyl adjacent to an activating group) is 1.